The van der Waals surface area contributed by atoms with Crippen LogP contribution in [0.25, 0.3) is 0 Å². The van der Waals surface area contributed by atoms with Gasteiger partial charge in [-0.15, -0.1) is 0 Å². The summed E-state index contributed by atoms with van der Waals surface area (Å²) in [6.45, 7) is 1.97. The van der Waals surface area contributed by atoms with Crippen molar-refractivity contribution in [2.45, 2.75) is 14.9 Å². The van der Waals surface area contributed by atoms with Gasteiger partial charge in [-0.1, -0.05) is 14.9 Å². The lowest BCUT2D eigenvalue weighted by molar-refractivity contribution is -0.0143. The number of carbonyl (C=O) groups excluding carboxylic acids is 3. The third kappa shape index (κ3) is 40.6. The number of carbonyl (C=O) groups is 3. The van der Waals surface area contributed by atoms with Crippen molar-refractivity contribution in [3.05, 3.63) is 0 Å². The maximum atomic E-state index is 10.8. The molecule has 1 aliphatic rings. The standard InChI is InChI=1S/C5H10N2O3.C4H10N2O3.C2H3ClO2.C2H8N2O.CH4O.2CH4.ClH/c1-9-5(8)7-2-3-10-4-6-7;1-9-4(8)6(5)2-3-7;1-5-2(3)4;3-4-1-2-5;1-2;;;/h6H,2-4H2,1H3;7H,2-3,5H2,1H3;1H3;4-5H,1-3H2;2H,1H3;2*1H4;1H. The third-order valence-corrected chi connectivity index (χ3v) is 2.53. The number of aliphatic hydroxyl groups excluding tert-OH is 3. The molecule has 0 aromatic heterocycles. The molecule has 1 fully saturated rings. The van der Waals surface area contributed by atoms with E-state index in [1.165, 1.54) is 26.3 Å². The number of halogens is 2. The SMILES string of the molecule is C.C.CO.COC(=O)Cl.COC(=O)N(N)CCO.COC(=O)N1CCOCN1.NNCCO.[Cl-].[H+]. The fraction of sp³-hybridized carbons (Fsp3) is 0.812. The fourth-order valence-corrected chi connectivity index (χ4v) is 1.08. The first-order valence-electron chi connectivity index (χ1n) is 8.35. The number of nitrogens with two attached hydrogens (primary N) is 2. The van der Waals surface area contributed by atoms with Gasteiger partial charge < -0.3 is 46.7 Å². The minimum absolute atomic E-state index is 0. The van der Waals surface area contributed by atoms with E-state index in [0.717, 1.165) is 12.1 Å². The summed E-state index contributed by atoms with van der Waals surface area (Å²) in [4.78, 5) is 30.5. The maximum Gasteiger partial charge on any atom is 1.00 e. The molecule has 0 aliphatic carbocycles. The Bertz CT molecular complexity index is 430. The van der Waals surface area contributed by atoms with E-state index < -0.39 is 11.5 Å². The second kappa shape index (κ2) is 41.5. The molecule has 9 N–H and O–H groups in total. The van der Waals surface area contributed by atoms with Crippen LogP contribution in [0, 0.1) is 0 Å². The molecule has 2 amide bonds. The summed E-state index contributed by atoms with van der Waals surface area (Å²) in [5.41, 5.74) is 4.20. The van der Waals surface area contributed by atoms with Gasteiger partial charge in [-0.2, -0.15) is 0 Å². The number of amides is 2. The van der Waals surface area contributed by atoms with Crippen molar-refractivity contribution < 1.29 is 62.5 Å². The van der Waals surface area contributed by atoms with Crippen molar-refractivity contribution in [3.63, 3.8) is 0 Å². The highest BCUT2D eigenvalue weighted by Gasteiger charge is 2.15. The third-order valence-electron chi connectivity index (χ3n) is 2.38. The van der Waals surface area contributed by atoms with Gasteiger partial charge in [0.05, 0.1) is 54.2 Å². The molecule has 0 unspecified atom stereocenters. The Balaban J connectivity index is -0.0000000452. The Labute approximate surface area is 214 Å². The van der Waals surface area contributed by atoms with Gasteiger partial charge in [0.15, 0.2) is 0 Å². The molecule has 0 radical (unpaired) electrons. The van der Waals surface area contributed by atoms with Gasteiger partial charge in [-0.25, -0.2) is 35.7 Å². The summed E-state index contributed by atoms with van der Waals surface area (Å²) >= 11 is 4.60. The van der Waals surface area contributed by atoms with Crippen molar-refractivity contribution in [2.75, 3.05) is 74.6 Å². The number of nitrogens with zero attached hydrogens (tertiary/aromatic N) is 2. The first-order chi connectivity index (χ1) is 14.7. The molecule has 1 heterocycles. The van der Waals surface area contributed by atoms with E-state index in [4.69, 9.17) is 31.7 Å². The quantitative estimate of drug-likeness (QED) is 0.0579. The lowest BCUT2D eigenvalue weighted by Crippen LogP contribution is -3.00. The number of aliphatic hydroxyl groups is 3. The minimum atomic E-state index is -0.773. The molecule has 0 bridgehead atoms. The van der Waals surface area contributed by atoms with Crippen LogP contribution in [0.5, 0.6) is 0 Å². The Morgan fingerprint density at radius 1 is 1.15 bits per heavy atom. The summed E-state index contributed by atoms with van der Waals surface area (Å²) < 4.78 is 17.5. The highest BCUT2D eigenvalue weighted by molar-refractivity contribution is 6.61. The first-order valence-corrected chi connectivity index (χ1v) is 8.73. The fourth-order valence-electron chi connectivity index (χ4n) is 1.08. The van der Waals surface area contributed by atoms with E-state index in [2.05, 4.69) is 36.7 Å². The maximum absolute atomic E-state index is 10.8. The molecule has 0 atom stereocenters. The number of methoxy groups -OCH3 is 3. The van der Waals surface area contributed by atoms with Crippen LogP contribution >= 0.6 is 11.6 Å². The first kappa shape index (κ1) is 49.4. The van der Waals surface area contributed by atoms with Crippen molar-refractivity contribution in [1.29, 1.82) is 0 Å². The number of rotatable bonds is 4. The number of nitrogens with one attached hydrogen (secondary N) is 2. The zero-order chi connectivity index (χ0) is 25.1. The van der Waals surface area contributed by atoms with Crippen LogP contribution in [0.4, 0.5) is 14.4 Å². The Kier molecular flexibility index (Phi) is 60.3. The summed E-state index contributed by atoms with van der Waals surface area (Å²) in [6, 6.07) is 0. The van der Waals surface area contributed by atoms with Gasteiger partial charge in [0, 0.05) is 25.3 Å². The largest absolute Gasteiger partial charge is 1.00 e. The summed E-state index contributed by atoms with van der Waals surface area (Å²) in [5.74, 6) is 9.77. The molecule has 0 spiro atoms. The van der Waals surface area contributed by atoms with Gasteiger partial charge in [-0.05, 0) is 0 Å². The zero-order valence-corrected chi connectivity index (χ0v) is 20.0. The molecule has 0 aromatic rings. The normalized spacial score (nSPS) is 10.2. The molecule has 18 heteroatoms. The Morgan fingerprint density at radius 3 is 1.88 bits per heavy atom. The highest BCUT2D eigenvalue weighted by atomic mass is 35.5. The van der Waals surface area contributed by atoms with Crippen molar-refractivity contribution in [2.24, 2.45) is 11.7 Å². The van der Waals surface area contributed by atoms with Crippen LogP contribution in [-0.2, 0) is 18.9 Å². The average Bonchev–Trinajstić information content (AvgIpc) is 2.81. The molecule has 0 aromatic carbocycles. The van der Waals surface area contributed by atoms with Gasteiger partial charge in [0.25, 0.3) is 0 Å². The van der Waals surface area contributed by atoms with Crippen molar-refractivity contribution in [3.8, 4) is 0 Å². The lowest BCUT2D eigenvalue weighted by Gasteiger charge is -2.25. The monoisotopic (exact) mass is 550 g/mol. The highest BCUT2D eigenvalue weighted by Crippen LogP contribution is 1.92. The van der Waals surface area contributed by atoms with E-state index in [9.17, 15) is 14.4 Å². The number of hydrazine groups is 3. The Morgan fingerprint density at radius 2 is 1.65 bits per heavy atom. The number of hydrogen-bond donors (Lipinski definition) is 7. The van der Waals surface area contributed by atoms with Gasteiger partial charge in [0.2, 0.25) is 0 Å². The van der Waals surface area contributed by atoms with Crippen LogP contribution in [0.1, 0.15) is 16.3 Å². The summed E-state index contributed by atoms with van der Waals surface area (Å²) in [7, 11) is 4.79. The molecule has 16 nitrogen and oxygen atoms in total. The summed E-state index contributed by atoms with van der Waals surface area (Å²) in [5, 5.41) is 25.3. The van der Waals surface area contributed by atoms with Crippen LogP contribution < -0.4 is 34.9 Å². The van der Waals surface area contributed by atoms with E-state index in [-0.39, 0.29) is 54.5 Å². The lowest BCUT2D eigenvalue weighted by atomic mass is 10.6. The van der Waals surface area contributed by atoms with E-state index in [1.54, 1.807) is 0 Å². The molecular weight excluding hydrogens is 507 g/mol. The Hall–Kier alpha value is -1.73. The predicted molar refractivity (Wildman–Crippen MR) is 124 cm³/mol. The number of hydrogen-bond acceptors (Lipinski definition) is 14. The minimum Gasteiger partial charge on any atom is -1.00 e. The van der Waals surface area contributed by atoms with Gasteiger partial charge in [-0.3, -0.25) is 11.3 Å². The second-order valence-electron chi connectivity index (χ2n) is 4.34. The zero-order valence-electron chi connectivity index (χ0n) is 19.5. The predicted octanol–water partition coefficient (Wildman–Crippen LogP) is -4.10. The second-order valence-corrected chi connectivity index (χ2v) is 4.65. The van der Waals surface area contributed by atoms with E-state index in [0.29, 0.717) is 26.4 Å². The molecule has 0 saturated carbocycles. The van der Waals surface area contributed by atoms with Gasteiger partial charge in [0.1, 0.15) is 6.73 Å². The van der Waals surface area contributed by atoms with Crippen molar-refractivity contribution >= 4 is 29.2 Å². The van der Waals surface area contributed by atoms with Crippen molar-refractivity contribution in [1.82, 2.24) is 20.9 Å². The molecule has 1 aliphatic heterocycles. The molecule has 1 saturated heterocycles. The van der Waals surface area contributed by atoms with Gasteiger partial charge >= 0.3 is 19.0 Å². The molecule has 1 rings (SSSR count). The average molecular weight is 551 g/mol. The van der Waals surface area contributed by atoms with Crippen LogP contribution in [-0.4, -0.2) is 118 Å². The van der Waals surface area contributed by atoms with Crippen LogP contribution in [0.2, 0.25) is 0 Å². The van der Waals surface area contributed by atoms with Crippen LogP contribution in [0.3, 0.4) is 0 Å². The molecule has 212 valence electrons. The number of ether oxygens (including phenoxy) is 4. The molecule has 34 heavy (non-hydrogen) atoms. The van der Waals surface area contributed by atoms with E-state index in [1.807, 2.05) is 0 Å². The molecular formula is C16H44Cl2N6O10. The van der Waals surface area contributed by atoms with Crippen LogP contribution in [0.15, 0.2) is 0 Å². The smallest absolute Gasteiger partial charge is 1.00 e. The van der Waals surface area contributed by atoms with E-state index >= 15 is 0 Å². The summed E-state index contributed by atoms with van der Waals surface area (Å²) in [6.07, 6.45) is -1.02. The topological polar surface area (TPSA) is 231 Å².